The van der Waals surface area contributed by atoms with E-state index < -0.39 is 0 Å². The second-order valence-electron chi connectivity index (χ2n) is 4.90. The van der Waals surface area contributed by atoms with Gasteiger partial charge in [-0.05, 0) is 31.9 Å². The smallest absolute Gasteiger partial charge is 0.314 e. The summed E-state index contributed by atoms with van der Waals surface area (Å²) in [4.78, 5) is 11.4. The number of benzene rings is 1. The number of hydrogen-bond donors (Lipinski definition) is 2. The molecule has 4 nitrogen and oxygen atoms in total. The van der Waals surface area contributed by atoms with Crippen molar-refractivity contribution in [2.75, 3.05) is 19.7 Å². The van der Waals surface area contributed by atoms with Crippen molar-refractivity contribution in [3.63, 3.8) is 0 Å². The van der Waals surface area contributed by atoms with Crippen molar-refractivity contribution in [2.45, 2.75) is 39.5 Å². The highest BCUT2D eigenvalue weighted by molar-refractivity contribution is 5.73. The summed E-state index contributed by atoms with van der Waals surface area (Å²) in [6.07, 6.45) is 4.17. The molecule has 0 aromatic heterocycles. The molecule has 0 atom stereocenters. The number of ether oxygens (including phenoxy) is 1. The Bertz CT molecular complexity index is 377. The molecular weight excluding hydrogens is 252 g/mol. The van der Waals surface area contributed by atoms with Crippen LogP contribution in [0.1, 0.15) is 38.2 Å². The molecule has 0 fully saturated rings. The first kappa shape index (κ1) is 16.3. The van der Waals surface area contributed by atoms with Gasteiger partial charge < -0.3 is 15.4 Å². The molecule has 2 N–H and O–H groups in total. The molecule has 0 aliphatic rings. The quantitative estimate of drug-likeness (QED) is 0.681. The van der Waals surface area contributed by atoms with Crippen LogP contribution >= 0.6 is 0 Å². The normalized spacial score (nSPS) is 10.1. The summed E-state index contributed by atoms with van der Waals surface area (Å²) in [5, 5.41) is 5.67. The Hall–Kier alpha value is -1.71. The Morgan fingerprint density at radius 3 is 2.35 bits per heavy atom. The Morgan fingerprint density at radius 1 is 1.05 bits per heavy atom. The topological polar surface area (TPSA) is 50.4 Å². The van der Waals surface area contributed by atoms with Crippen LogP contribution in [0.25, 0.3) is 0 Å². The van der Waals surface area contributed by atoms with Crippen LogP contribution in [0.4, 0.5) is 4.79 Å². The minimum absolute atomic E-state index is 0.0866. The lowest BCUT2D eigenvalue weighted by Crippen LogP contribution is -2.36. The summed E-state index contributed by atoms with van der Waals surface area (Å²) in [6.45, 7) is 6.19. The fourth-order valence-electron chi connectivity index (χ4n) is 1.74. The lowest BCUT2D eigenvalue weighted by atomic mass is 10.2. The molecule has 0 saturated heterocycles. The zero-order valence-corrected chi connectivity index (χ0v) is 12.6. The van der Waals surface area contributed by atoms with Crippen molar-refractivity contribution in [3.8, 4) is 5.75 Å². The number of nitrogens with one attached hydrogen (secondary N) is 2. The number of unbranched alkanes of at least 4 members (excludes halogenated alkanes) is 2. The molecule has 0 saturated carbocycles. The number of carbonyl (C=O) groups excluding carboxylic acids is 1. The van der Waals surface area contributed by atoms with Crippen LogP contribution in [0.3, 0.4) is 0 Å². The summed E-state index contributed by atoms with van der Waals surface area (Å²) < 4.78 is 5.58. The summed E-state index contributed by atoms with van der Waals surface area (Å²) in [5.74, 6) is 0.875. The molecule has 0 radical (unpaired) electrons. The maximum Gasteiger partial charge on any atom is 0.314 e. The van der Waals surface area contributed by atoms with Crippen molar-refractivity contribution in [3.05, 3.63) is 29.8 Å². The number of aryl methyl sites for hydroxylation is 1. The molecule has 4 heteroatoms. The summed E-state index contributed by atoms with van der Waals surface area (Å²) >= 11 is 0. The van der Waals surface area contributed by atoms with Crippen LogP contribution in [-0.4, -0.2) is 25.7 Å². The highest BCUT2D eigenvalue weighted by Crippen LogP contribution is 2.11. The number of amides is 2. The van der Waals surface area contributed by atoms with Crippen LogP contribution in [-0.2, 0) is 0 Å². The van der Waals surface area contributed by atoms with E-state index in [4.69, 9.17) is 4.74 Å². The zero-order valence-electron chi connectivity index (χ0n) is 12.6. The molecule has 0 heterocycles. The highest BCUT2D eigenvalue weighted by atomic mass is 16.5. The number of carbonyl (C=O) groups is 1. The fraction of sp³-hybridized carbons (Fsp3) is 0.562. The van der Waals surface area contributed by atoms with Gasteiger partial charge in [0.25, 0.3) is 0 Å². The second kappa shape index (κ2) is 10.1. The van der Waals surface area contributed by atoms with E-state index in [1.807, 2.05) is 31.2 Å². The van der Waals surface area contributed by atoms with E-state index in [0.717, 1.165) is 31.6 Å². The van der Waals surface area contributed by atoms with Crippen molar-refractivity contribution >= 4 is 6.03 Å². The zero-order chi connectivity index (χ0) is 14.6. The number of rotatable bonds is 9. The second-order valence-corrected chi connectivity index (χ2v) is 4.90. The molecule has 2 amide bonds. The van der Waals surface area contributed by atoms with Crippen molar-refractivity contribution in [1.82, 2.24) is 10.6 Å². The number of hydrogen-bond acceptors (Lipinski definition) is 2. The Kier molecular flexibility index (Phi) is 8.27. The monoisotopic (exact) mass is 278 g/mol. The predicted molar refractivity (Wildman–Crippen MR) is 82.2 cm³/mol. The van der Waals surface area contributed by atoms with Gasteiger partial charge in [0.2, 0.25) is 0 Å². The SMILES string of the molecule is CCCCCNC(=O)NCCCOc1ccc(C)cc1. The van der Waals surface area contributed by atoms with Gasteiger partial charge in [0.1, 0.15) is 5.75 Å². The number of urea groups is 1. The molecule has 20 heavy (non-hydrogen) atoms. The molecule has 0 spiro atoms. The highest BCUT2D eigenvalue weighted by Gasteiger charge is 1.98. The predicted octanol–water partition coefficient (Wildman–Crippen LogP) is 3.25. The van der Waals surface area contributed by atoms with Crippen LogP contribution in [0.2, 0.25) is 0 Å². The first-order valence-corrected chi connectivity index (χ1v) is 7.43. The maximum atomic E-state index is 11.4. The molecule has 1 aromatic carbocycles. The van der Waals surface area contributed by atoms with E-state index in [0.29, 0.717) is 13.2 Å². The third-order valence-electron chi connectivity index (χ3n) is 2.96. The summed E-state index contributed by atoms with van der Waals surface area (Å²) in [7, 11) is 0. The lowest BCUT2D eigenvalue weighted by Gasteiger charge is -2.08. The lowest BCUT2D eigenvalue weighted by molar-refractivity contribution is 0.239. The first-order valence-electron chi connectivity index (χ1n) is 7.43. The van der Waals surface area contributed by atoms with E-state index in [-0.39, 0.29) is 6.03 Å². The summed E-state index contributed by atoms with van der Waals surface area (Å²) in [5.41, 5.74) is 1.22. The van der Waals surface area contributed by atoms with Crippen molar-refractivity contribution < 1.29 is 9.53 Å². The summed E-state index contributed by atoms with van der Waals surface area (Å²) in [6, 6.07) is 7.89. The van der Waals surface area contributed by atoms with Crippen LogP contribution < -0.4 is 15.4 Å². The molecule has 112 valence electrons. The van der Waals surface area contributed by atoms with Gasteiger partial charge in [0, 0.05) is 13.1 Å². The van der Waals surface area contributed by atoms with E-state index >= 15 is 0 Å². The third-order valence-corrected chi connectivity index (χ3v) is 2.96. The molecule has 1 aromatic rings. The van der Waals surface area contributed by atoms with Gasteiger partial charge in [-0.15, -0.1) is 0 Å². The Labute approximate surface area is 121 Å². The van der Waals surface area contributed by atoms with Crippen molar-refractivity contribution in [1.29, 1.82) is 0 Å². The molecule has 0 aliphatic heterocycles. The van der Waals surface area contributed by atoms with Gasteiger partial charge >= 0.3 is 6.03 Å². The average Bonchev–Trinajstić information content (AvgIpc) is 2.45. The van der Waals surface area contributed by atoms with Gasteiger partial charge in [-0.1, -0.05) is 37.5 Å². The van der Waals surface area contributed by atoms with Gasteiger partial charge in [0.05, 0.1) is 6.61 Å². The molecular formula is C16H26N2O2. The van der Waals surface area contributed by atoms with Crippen molar-refractivity contribution in [2.24, 2.45) is 0 Å². The maximum absolute atomic E-state index is 11.4. The molecule has 1 rings (SSSR count). The Balaban J connectivity index is 1.98. The van der Waals surface area contributed by atoms with Gasteiger partial charge in [-0.25, -0.2) is 4.79 Å². The third kappa shape index (κ3) is 7.67. The van der Waals surface area contributed by atoms with E-state index in [2.05, 4.69) is 17.6 Å². The first-order chi connectivity index (χ1) is 9.72. The van der Waals surface area contributed by atoms with Gasteiger partial charge in [-0.2, -0.15) is 0 Å². The van der Waals surface area contributed by atoms with Crippen LogP contribution in [0.15, 0.2) is 24.3 Å². The average molecular weight is 278 g/mol. The standard InChI is InChI=1S/C16H26N2O2/c1-3-4-5-11-17-16(19)18-12-6-13-20-15-9-7-14(2)8-10-15/h7-10H,3-6,11-13H2,1-2H3,(H2,17,18,19). The fourth-order valence-corrected chi connectivity index (χ4v) is 1.74. The van der Waals surface area contributed by atoms with E-state index in [1.54, 1.807) is 0 Å². The van der Waals surface area contributed by atoms with Gasteiger partial charge in [-0.3, -0.25) is 0 Å². The van der Waals surface area contributed by atoms with Crippen LogP contribution in [0, 0.1) is 6.92 Å². The molecule has 0 bridgehead atoms. The van der Waals surface area contributed by atoms with Gasteiger partial charge in [0.15, 0.2) is 0 Å². The largest absolute Gasteiger partial charge is 0.494 e. The van der Waals surface area contributed by atoms with Crippen LogP contribution in [0.5, 0.6) is 5.75 Å². The molecule has 0 aliphatic carbocycles. The molecule has 0 unspecified atom stereocenters. The minimum Gasteiger partial charge on any atom is -0.494 e. The Morgan fingerprint density at radius 2 is 1.70 bits per heavy atom. The van der Waals surface area contributed by atoms with E-state index in [9.17, 15) is 4.79 Å². The minimum atomic E-state index is -0.0866. The van der Waals surface area contributed by atoms with E-state index in [1.165, 1.54) is 12.0 Å².